The lowest BCUT2D eigenvalue weighted by Crippen LogP contribution is -2.50. The Hall–Kier alpha value is -3.48. The summed E-state index contributed by atoms with van der Waals surface area (Å²) in [5.74, 6) is -1.50. The first kappa shape index (κ1) is 23.2. The van der Waals surface area contributed by atoms with Gasteiger partial charge in [-0.05, 0) is 28.7 Å². The molecule has 0 heterocycles. The van der Waals surface area contributed by atoms with Gasteiger partial charge in [-0.2, -0.15) is 0 Å². The van der Waals surface area contributed by atoms with Crippen LogP contribution in [-0.2, 0) is 22.6 Å². The molecule has 0 fully saturated rings. The second-order valence-electron chi connectivity index (χ2n) is 7.67. The van der Waals surface area contributed by atoms with Crippen LogP contribution in [0.4, 0.5) is 0 Å². The molecule has 2 amide bonds. The van der Waals surface area contributed by atoms with Crippen molar-refractivity contribution in [1.29, 1.82) is 0 Å². The first-order valence-corrected chi connectivity index (χ1v) is 10.5. The minimum absolute atomic E-state index is 0.176. The maximum absolute atomic E-state index is 12.4. The number of hydrogen-bond donors (Lipinski definition) is 3. The summed E-state index contributed by atoms with van der Waals surface area (Å²) in [7, 11) is 1.54. The van der Waals surface area contributed by atoms with Gasteiger partial charge in [0.25, 0.3) is 11.8 Å². The second kappa shape index (κ2) is 11.2. The monoisotopic (exact) mass is 432 g/mol. The van der Waals surface area contributed by atoms with Gasteiger partial charge in [0.05, 0.1) is 0 Å². The van der Waals surface area contributed by atoms with Crippen molar-refractivity contribution in [1.82, 2.24) is 10.2 Å². The van der Waals surface area contributed by atoms with Crippen molar-refractivity contribution in [3.05, 3.63) is 96.1 Å². The first-order chi connectivity index (χ1) is 15.5. The van der Waals surface area contributed by atoms with Crippen molar-refractivity contribution in [2.45, 2.75) is 25.2 Å². The fourth-order valence-electron chi connectivity index (χ4n) is 3.30. The summed E-state index contributed by atoms with van der Waals surface area (Å²) >= 11 is 0. The van der Waals surface area contributed by atoms with Gasteiger partial charge in [-0.15, -0.1) is 0 Å². The lowest BCUT2D eigenvalue weighted by atomic mass is 10.0. The maximum Gasteiger partial charge on any atom is 0.254 e. The number of carbonyl (C=O) groups is 2. The number of aliphatic hydroxyl groups excluding tert-OH is 2. The van der Waals surface area contributed by atoms with Crippen LogP contribution in [0.25, 0.3) is 11.1 Å². The average Bonchev–Trinajstić information content (AvgIpc) is 2.85. The number of rotatable bonds is 9. The Kier molecular flexibility index (Phi) is 8.14. The zero-order valence-electron chi connectivity index (χ0n) is 18.0. The topological polar surface area (TPSA) is 89.9 Å². The van der Waals surface area contributed by atoms with Gasteiger partial charge in [0.2, 0.25) is 0 Å². The predicted octanol–water partition coefficient (Wildman–Crippen LogP) is 2.39. The molecule has 0 saturated heterocycles. The van der Waals surface area contributed by atoms with Crippen LogP contribution in [0.15, 0.2) is 84.9 Å². The molecule has 2 atom stereocenters. The van der Waals surface area contributed by atoms with Crippen LogP contribution in [0, 0.1) is 0 Å². The normalized spacial score (nSPS) is 12.6. The van der Waals surface area contributed by atoms with Gasteiger partial charge in [0.15, 0.2) is 12.2 Å². The highest BCUT2D eigenvalue weighted by molar-refractivity contribution is 5.90. The third-order valence-corrected chi connectivity index (χ3v) is 5.30. The number of amides is 2. The summed E-state index contributed by atoms with van der Waals surface area (Å²) in [5, 5.41) is 22.9. The third-order valence-electron chi connectivity index (χ3n) is 5.30. The molecule has 0 aliphatic carbocycles. The molecule has 166 valence electrons. The molecule has 0 saturated carbocycles. The van der Waals surface area contributed by atoms with Gasteiger partial charge < -0.3 is 20.4 Å². The van der Waals surface area contributed by atoms with Gasteiger partial charge in [-0.1, -0.05) is 84.9 Å². The lowest BCUT2D eigenvalue weighted by molar-refractivity contribution is -0.152. The standard InChI is InChI=1S/C26H28N2O4/c1-28(17-16-19-8-4-2-5-9-19)26(32)24(30)23(29)25(31)27-18-20-12-14-22(15-13-20)21-10-6-3-7-11-21/h2-15,23-24,29-30H,16-18H2,1H3,(H,27,31)/t23-,24-/m1/s1. The minimum Gasteiger partial charge on any atom is -0.380 e. The van der Waals surface area contributed by atoms with Gasteiger partial charge in [0.1, 0.15) is 0 Å². The Morgan fingerprint density at radius 1 is 0.781 bits per heavy atom. The average molecular weight is 433 g/mol. The lowest BCUT2D eigenvalue weighted by Gasteiger charge is -2.23. The summed E-state index contributed by atoms with van der Waals surface area (Å²) in [6, 6.07) is 27.2. The van der Waals surface area contributed by atoms with Crippen LogP contribution in [-0.4, -0.2) is 52.7 Å². The molecule has 0 spiro atoms. The largest absolute Gasteiger partial charge is 0.380 e. The van der Waals surface area contributed by atoms with E-state index in [1.54, 1.807) is 0 Å². The number of likely N-dealkylation sites (N-methyl/N-ethyl adjacent to an activating group) is 1. The zero-order chi connectivity index (χ0) is 22.9. The summed E-state index contributed by atoms with van der Waals surface area (Å²) in [5.41, 5.74) is 4.04. The molecule has 3 N–H and O–H groups in total. The SMILES string of the molecule is CN(CCc1ccccc1)C(=O)[C@H](O)[C@@H](O)C(=O)NCc1ccc(-c2ccccc2)cc1. The second-order valence-corrected chi connectivity index (χ2v) is 7.67. The quantitative estimate of drug-likeness (QED) is 0.484. The minimum atomic E-state index is -1.84. The fraction of sp³-hybridized carbons (Fsp3) is 0.231. The van der Waals surface area contributed by atoms with Crippen LogP contribution in [0.1, 0.15) is 11.1 Å². The van der Waals surface area contributed by atoms with Gasteiger partial charge in [-0.3, -0.25) is 9.59 Å². The molecule has 0 aliphatic heterocycles. The zero-order valence-corrected chi connectivity index (χ0v) is 18.0. The van der Waals surface area contributed by atoms with Crippen LogP contribution >= 0.6 is 0 Å². The summed E-state index contributed by atoms with van der Waals surface area (Å²) < 4.78 is 0. The van der Waals surface area contributed by atoms with Crippen molar-refractivity contribution in [3.8, 4) is 11.1 Å². The van der Waals surface area contributed by atoms with Gasteiger partial charge >= 0.3 is 0 Å². The van der Waals surface area contributed by atoms with Crippen molar-refractivity contribution in [2.24, 2.45) is 0 Å². The molecule has 6 heteroatoms. The van der Waals surface area contributed by atoms with E-state index >= 15 is 0 Å². The third kappa shape index (κ3) is 6.26. The highest BCUT2D eigenvalue weighted by Gasteiger charge is 2.32. The van der Waals surface area contributed by atoms with E-state index in [0.717, 1.165) is 22.3 Å². The Labute approximate surface area is 188 Å². The molecule has 0 aliphatic rings. The molecule has 6 nitrogen and oxygen atoms in total. The maximum atomic E-state index is 12.4. The van der Waals surface area contributed by atoms with E-state index < -0.39 is 24.0 Å². The summed E-state index contributed by atoms with van der Waals surface area (Å²) in [6.45, 7) is 0.539. The molecular weight excluding hydrogens is 404 g/mol. The number of hydrogen-bond acceptors (Lipinski definition) is 4. The molecular formula is C26H28N2O4. The molecule has 3 rings (SSSR count). The fourth-order valence-corrected chi connectivity index (χ4v) is 3.30. The van der Waals surface area contributed by atoms with Crippen molar-refractivity contribution in [2.75, 3.05) is 13.6 Å². The Bertz CT molecular complexity index is 1010. The van der Waals surface area contributed by atoms with Crippen LogP contribution in [0.2, 0.25) is 0 Å². The molecule has 3 aromatic rings. The van der Waals surface area contributed by atoms with E-state index in [9.17, 15) is 19.8 Å². The molecule has 0 radical (unpaired) electrons. The number of nitrogens with zero attached hydrogens (tertiary/aromatic N) is 1. The predicted molar refractivity (Wildman–Crippen MR) is 124 cm³/mol. The molecule has 32 heavy (non-hydrogen) atoms. The van der Waals surface area contributed by atoms with E-state index in [4.69, 9.17) is 0 Å². The van der Waals surface area contributed by atoms with E-state index in [-0.39, 0.29) is 6.54 Å². The Morgan fingerprint density at radius 2 is 1.34 bits per heavy atom. The van der Waals surface area contributed by atoms with E-state index in [1.165, 1.54) is 11.9 Å². The van der Waals surface area contributed by atoms with Gasteiger partial charge in [0, 0.05) is 20.1 Å². The highest BCUT2D eigenvalue weighted by Crippen LogP contribution is 2.19. The molecule has 0 unspecified atom stereocenters. The smallest absolute Gasteiger partial charge is 0.254 e. The number of aliphatic hydroxyl groups is 2. The van der Waals surface area contributed by atoms with Gasteiger partial charge in [-0.25, -0.2) is 0 Å². The Morgan fingerprint density at radius 3 is 1.97 bits per heavy atom. The number of carbonyl (C=O) groups excluding carboxylic acids is 2. The number of benzene rings is 3. The number of nitrogens with one attached hydrogen (secondary N) is 1. The molecule has 3 aromatic carbocycles. The summed E-state index contributed by atoms with van der Waals surface area (Å²) in [6.07, 6.45) is -3.06. The van der Waals surface area contributed by atoms with Crippen LogP contribution in [0.5, 0.6) is 0 Å². The van der Waals surface area contributed by atoms with E-state index in [1.807, 2.05) is 84.9 Å². The van der Waals surface area contributed by atoms with Crippen molar-refractivity contribution in [3.63, 3.8) is 0 Å². The van der Waals surface area contributed by atoms with E-state index in [2.05, 4.69) is 5.32 Å². The van der Waals surface area contributed by atoms with E-state index in [0.29, 0.717) is 13.0 Å². The molecule has 0 aromatic heterocycles. The first-order valence-electron chi connectivity index (χ1n) is 10.5. The van der Waals surface area contributed by atoms with Crippen LogP contribution < -0.4 is 5.32 Å². The Balaban J connectivity index is 1.48. The van der Waals surface area contributed by atoms with Crippen molar-refractivity contribution >= 4 is 11.8 Å². The summed E-state index contributed by atoms with van der Waals surface area (Å²) in [4.78, 5) is 26.0. The van der Waals surface area contributed by atoms with Crippen LogP contribution in [0.3, 0.4) is 0 Å². The molecule has 0 bridgehead atoms. The van der Waals surface area contributed by atoms with Crippen molar-refractivity contribution < 1.29 is 19.8 Å². The highest BCUT2D eigenvalue weighted by atomic mass is 16.3.